The Morgan fingerprint density at radius 2 is 2.04 bits per heavy atom. The summed E-state index contributed by atoms with van der Waals surface area (Å²) in [5.74, 6) is -0.885. The van der Waals surface area contributed by atoms with Crippen LogP contribution in [0.2, 0.25) is 0 Å². The maximum atomic E-state index is 11.0. The molecule has 0 fully saturated rings. The zero-order valence-electron chi connectivity index (χ0n) is 13.7. The lowest BCUT2D eigenvalue weighted by atomic mass is 9.96. The molecule has 0 spiro atoms. The van der Waals surface area contributed by atoms with Crippen LogP contribution in [-0.4, -0.2) is 20.0 Å². The van der Waals surface area contributed by atoms with Crippen LogP contribution >= 0.6 is 35.3 Å². The number of hydrogen-bond donors (Lipinski definition) is 1. The molecule has 6 heteroatoms. The zero-order chi connectivity index (χ0) is 18.1. The van der Waals surface area contributed by atoms with Gasteiger partial charge in [-0.15, -0.1) is 0 Å². The van der Waals surface area contributed by atoms with Gasteiger partial charge in [-0.25, -0.2) is 0 Å². The van der Waals surface area contributed by atoms with E-state index in [1.165, 1.54) is 17.3 Å². The first-order valence-corrected chi connectivity index (χ1v) is 10.1. The molecule has 0 bridgehead atoms. The van der Waals surface area contributed by atoms with E-state index in [9.17, 15) is 10.1 Å². The van der Waals surface area contributed by atoms with Crippen molar-refractivity contribution in [2.45, 2.75) is 36.9 Å². The summed E-state index contributed by atoms with van der Waals surface area (Å²) >= 11 is 8.50. The standard InChI is InChI=1S/C19H19NO2S3/c20-14-19(11-8-17(21)22,10-4-5-15-9-12-24-13-15)25-18(23)16-6-2-1-3-7-16/h1-3,6-7,9,12-13H,4-5,8,10-11H2,(H,21,22). The number of thiophene rings is 1. The fourth-order valence-corrected chi connectivity index (χ4v) is 4.92. The summed E-state index contributed by atoms with van der Waals surface area (Å²) in [7, 11) is 0. The minimum absolute atomic E-state index is 0.0313. The van der Waals surface area contributed by atoms with Gasteiger partial charge in [-0.1, -0.05) is 54.3 Å². The molecule has 1 unspecified atom stereocenters. The summed E-state index contributed by atoms with van der Waals surface area (Å²) in [6.45, 7) is 0. The van der Waals surface area contributed by atoms with Gasteiger partial charge < -0.3 is 5.11 Å². The maximum absolute atomic E-state index is 11.0. The third-order valence-corrected chi connectivity index (χ3v) is 6.40. The highest BCUT2D eigenvalue weighted by Crippen LogP contribution is 2.38. The van der Waals surface area contributed by atoms with E-state index in [1.54, 1.807) is 11.3 Å². The number of thiocarbonyl (C=S) groups is 1. The SMILES string of the molecule is N#CC(CCCc1ccsc1)(CCC(=O)O)SC(=S)c1ccccc1. The Morgan fingerprint density at radius 3 is 2.64 bits per heavy atom. The van der Waals surface area contributed by atoms with Crippen molar-refractivity contribution in [3.63, 3.8) is 0 Å². The molecule has 130 valence electrons. The van der Waals surface area contributed by atoms with Gasteiger partial charge in [-0.3, -0.25) is 4.79 Å². The lowest BCUT2D eigenvalue weighted by Crippen LogP contribution is -2.26. The highest BCUT2D eigenvalue weighted by molar-refractivity contribution is 8.24. The molecule has 1 atom stereocenters. The van der Waals surface area contributed by atoms with Crippen LogP contribution < -0.4 is 0 Å². The Balaban J connectivity index is 2.08. The van der Waals surface area contributed by atoms with Crippen LogP contribution in [0.1, 0.15) is 36.8 Å². The minimum atomic E-state index is -0.885. The van der Waals surface area contributed by atoms with Gasteiger partial charge in [0.2, 0.25) is 0 Å². The number of thioether (sulfide) groups is 1. The average molecular weight is 390 g/mol. The third kappa shape index (κ3) is 6.28. The van der Waals surface area contributed by atoms with Crippen LogP contribution in [0.4, 0.5) is 0 Å². The van der Waals surface area contributed by atoms with Crippen LogP contribution in [0, 0.1) is 11.3 Å². The van der Waals surface area contributed by atoms with Gasteiger partial charge in [0.1, 0.15) is 4.75 Å². The monoisotopic (exact) mass is 389 g/mol. The first-order chi connectivity index (χ1) is 12.0. The number of carboxylic acid groups (broad SMARTS) is 1. The number of nitrogens with zero attached hydrogens (tertiary/aromatic N) is 1. The molecule has 0 saturated heterocycles. The van der Waals surface area contributed by atoms with Gasteiger partial charge in [-0.2, -0.15) is 16.6 Å². The molecule has 0 aliphatic heterocycles. The molecule has 1 aromatic heterocycles. The number of aryl methyl sites for hydroxylation is 1. The van der Waals surface area contributed by atoms with Crippen LogP contribution in [-0.2, 0) is 11.2 Å². The van der Waals surface area contributed by atoms with Crippen molar-refractivity contribution in [1.29, 1.82) is 5.26 Å². The molecule has 1 heterocycles. The molecule has 3 nitrogen and oxygen atoms in total. The van der Waals surface area contributed by atoms with Crippen molar-refractivity contribution in [2.75, 3.05) is 0 Å². The summed E-state index contributed by atoms with van der Waals surface area (Å²) in [6, 6.07) is 14.0. The second kappa shape index (κ2) is 9.71. The molecule has 0 aliphatic carbocycles. The topological polar surface area (TPSA) is 61.1 Å². The Labute approximate surface area is 161 Å². The quantitative estimate of drug-likeness (QED) is 0.589. The molecule has 0 radical (unpaired) electrons. The average Bonchev–Trinajstić information content (AvgIpc) is 3.13. The van der Waals surface area contributed by atoms with E-state index in [-0.39, 0.29) is 6.42 Å². The van der Waals surface area contributed by atoms with Crippen molar-refractivity contribution in [3.8, 4) is 6.07 Å². The summed E-state index contributed by atoms with van der Waals surface area (Å²) in [4.78, 5) is 11.0. The van der Waals surface area contributed by atoms with E-state index in [2.05, 4.69) is 17.5 Å². The summed E-state index contributed by atoms with van der Waals surface area (Å²) in [5.41, 5.74) is 2.15. The number of aliphatic carboxylic acids is 1. The molecule has 2 aromatic rings. The van der Waals surface area contributed by atoms with Gasteiger partial charge in [0.25, 0.3) is 0 Å². The normalized spacial score (nSPS) is 12.9. The minimum Gasteiger partial charge on any atom is -0.481 e. The number of benzene rings is 1. The maximum Gasteiger partial charge on any atom is 0.303 e. The number of rotatable bonds is 9. The number of carbonyl (C=O) groups is 1. The smallest absolute Gasteiger partial charge is 0.303 e. The van der Waals surface area contributed by atoms with E-state index >= 15 is 0 Å². The Kier molecular flexibility index (Phi) is 7.63. The zero-order valence-corrected chi connectivity index (χ0v) is 16.1. The first-order valence-electron chi connectivity index (χ1n) is 7.97. The van der Waals surface area contributed by atoms with Gasteiger partial charge in [-0.05, 0) is 53.6 Å². The predicted octanol–water partition coefficient (Wildman–Crippen LogP) is 5.31. The molecular formula is C19H19NO2S3. The van der Waals surface area contributed by atoms with Crippen molar-refractivity contribution >= 4 is 45.5 Å². The van der Waals surface area contributed by atoms with Gasteiger partial charge in [0, 0.05) is 6.42 Å². The van der Waals surface area contributed by atoms with E-state index in [1.807, 2.05) is 35.7 Å². The van der Waals surface area contributed by atoms with E-state index in [0.29, 0.717) is 17.0 Å². The largest absolute Gasteiger partial charge is 0.481 e. The third-order valence-electron chi connectivity index (χ3n) is 3.87. The molecular weight excluding hydrogens is 370 g/mol. The Morgan fingerprint density at radius 1 is 1.28 bits per heavy atom. The molecule has 0 amide bonds. The highest BCUT2D eigenvalue weighted by atomic mass is 32.2. The lowest BCUT2D eigenvalue weighted by Gasteiger charge is -2.26. The van der Waals surface area contributed by atoms with Crippen molar-refractivity contribution in [1.82, 2.24) is 0 Å². The van der Waals surface area contributed by atoms with Crippen LogP contribution in [0.5, 0.6) is 0 Å². The number of hydrogen-bond acceptors (Lipinski definition) is 5. The summed E-state index contributed by atoms with van der Waals surface area (Å²) in [6.07, 6.45) is 2.59. The second-order valence-electron chi connectivity index (χ2n) is 5.74. The number of nitriles is 1. The molecule has 1 N–H and O–H groups in total. The van der Waals surface area contributed by atoms with Crippen LogP contribution in [0.15, 0.2) is 47.2 Å². The van der Waals surface area contributed by atoms with E-state index in [0.717, 1.165) is 18.4 Å². The number of carboxylic acids is 1. The van der Waals surface area contributed by atoms with Gasteiger partial charge in [0.05, 0.1) is 10.3 Å². The van der Waals surface area contributed by atoms with Crippen molar-refractivity contribution < 1.29 is 9.90 Å². The fraction of sp³-hybridized carbons (Fsp3) is 0.316. The molecule has 1 aromatic carbocycles. The van der Waals surface area contributed by atoms with Gasteiger partial charge in [0.15, 0.2) is 0 Å². The van der Waals surface area contributed by atoms with Crippen molar-refractivity contribution in [2.24, 2.45) is 0 Å². The molecule has 0 aliphatic rings. The van der Waals surface area contributed by atoms with Gasteiger partial charge >= 0.3 is 5.97 Å². The summed E-state index contributed by atoms with van der Waals surface area (Å²) in [5, 5.41) is 23.0. The van der Waals surface area contributed by atoms with Crippen LogP contribution in [0.3, 0.4) is 0 Å². The first kappa shape index (κ1) is 19.6. The predicted molar refractivity (Wildman–Crippen MR) is 108 cm³/mol. The summed E-state index contributed by atoms with van der Waals surface area (Å²) < 4.78 is -0.162. The molecule has 2 rings (SSSR count). The molecule has 0 saturated carbocycles. The van der Waals surface area contributed by atoms with Crippen molar-refractivity contribution in [3.05, 3.63) is 58.3 Å². The Hall–Kier alpha value is -1.68. The molecule has 25 heavy (non-hydrogen) atoms. The highest BCUT2D eigenvalue weighted by Gasteiger charge is 2.33. The fourth-order valence-electron chi connectivity index (χ4n) is 2.49. The Bertz CT molecular complexity index is 738. The second-order valence-corrected chi connectivity index (χ2v) is 8.58. The van der Waals surface area contributed by atoms with E-state index < -0.39 is 10.7 Å². The lowest BCUT2D eigenvalue weighted by molar-refractivity contribution is -0.137. The van der Waals surface area contributed by atoms with Crippen LogP contribution in [0.25, 0.3) is 0 Å². The van der Waals surface area contributed by atoms with E-state index in [4.69, 9.17) is 17.3 Å².